The highest BCUT2D eigenvalue weighted by Gasteiger charge is 2.26. The van der Waals surface area contributed by atoms with Crippen molar-refractivity contribution in [2.24, 2.45) is 0 Å². The zero-order valence-corrected chi connectivity index (χ0v) is 35.9. The summed E-state index contributed by atoms with van der Waals surface area (Å²) in [5.74, 6) is -0.367. The van der Waals surface area contributed by atoms with E-state index in [4.69, 9.17) is 18.5 Å². The van der Waals surface area contributed by atoms with Gasteiger partial charge >= 0.3 is 13.8 Å². The van der Waals surface area contributed by atoms with Gasteiger partial charge < -0.3 is 18.9 Å². The minimum Gasteiger partial charge on any atom is -0.457 e. The lowest BCUT2D eigenvalue weighted by molar-refractivity contribution is -0.870. The number of phosphoric acid groups is 1. The fourth-order valence-electron chi connectivity index (χ4n) is 5.54. The minimum atomic E-state index is -4.29. The van der Waals surface area contributed by atoms with E-state index in [-0.39, 0.29) is 32.2 Å². The van der Waals surface area contributed by atoms with Crippen molar-refractivity contribution in [3.63, 3.8) is 0 Å². The van der Waals surface area contributed by atoms with E-state index in [0.29, 0.717) is 24.1 Å². The van der Waals surface area contributed by atoms with Gasteiger partial charge in [-0.1, -0.05) is 159 Å². The Hall–Kier alpha value is -1.54. The normalized spacial score (nSPS) is 14.3. The third kappa shape index (κ3) is 41.5. The minimum absolute atomic E-state index is 0.0782. The van der Waals surface area contributed by atoms with E-state index < -0.39 is 13.9 Å². The van der Waals surface area contributed by atoms with E-state index >= 15 is 0 Å². The van der Waals surface area contributed by atoms with Gasteiger partial charge in [0.15, 0.2) is 0 Å². The fourth-order valence-corrected chi connectivity index (χ4v) is 6.29. The van der Waals surface area contributed by atoms with Gasteiger partial charge in [0.1, 0.15) is 19.3 Å². The highest BCUT2D eigenvalue weighted by atomic mass is 31.2. The number of hydrogen-bond acceptors (Lipinski definition) is 6. The molecule has 0 saturated carbocycles. The van der Waals surface area contributed by atoms with Gasteiger partial charge in [0.05, 0.1) is 34.4 Å². The van der Waals surface area contributed by atoms with Gasteiger partial charge in [0.25, 0.3) is 0 Å². The van der Waals surface area contributed by atoms with Crippen molar-refractivity contribution in [1.82, 2.24) is 0 Å². The van der Waals surface area contributed by atoms with Gasteiger partial charge in [-0.2, -0.15) is 0 Å². The van der Waals surface area contributed by atoms with Crippen LogP contribution in [0.1, 0.15) is 168 Å². The Kier molecular flexibility index (Phi) is 36.3. The van der Waals surface area contributed by atoms with Crippen molar-refractivity contribution >= 4 is 13.8 Å². The standard InChI is InChI=1S/C44H82NO7P/c1-6-8-10-12-14-16-18-20-22-23-24-25-27-29-31-33-35-37-44(46)52-43(42-51-53(47,48)50-40-38-45(3,4)5)41-49-39-36-34-32-30-28-26-21-19-17-15-13-11-9-7-2/h14,16,20,22,24-25,29,31,43H,6-13,15,17-19,21,23,26-28,30,32-42H2,1-5H3/p+1/t43-/m1/s1. The van der Waals surface area contributed by atoms with Gasteiger partial charge in [0.2, 0.25) is 0 Å². The number of unbranched alkanes of at least 4 members (excludes halogenated alkanes) is 17. The zero-order chi connectivity index (χ0) is 39.1. The Morgan fingerprint density at radius 3 is 1.55 bits per heavy atom. The lowest BCUT2D eigenvalue weighted by Gasteiger charge is -2.24. The first-order chi connectivity index (χ1) is 25.6. The maximum absolute atomic E-state index is 12.6. The zero-order valence-electron chi connectivity index (χ0n) is 35.0. The number of esters is 1. The number of phosphoric ester groups is 1. The molecule has 0 aromatic heterocycles. The van der Waals surface area contributed by atoms with Crippen molar-refractivity contribution < 1.29 is 37.3 Å². The molecule has 9 heteroatoms. The number of carbonyl (C=O) groups is 1. The van der Waals surface area contributed by atoms with E-state index in [9.17, 15) is 14.3 Å². The number of quaternary nitrogens is 1. The number of allylic oxidation sites excluding steroid dienone is 8. The predicted octanol–water partition coefficient (Wildman–Crippen LogP) is 12.4. The molecule has 0 aromatic carbocycles. The largest absolute Gasteiger partial charge is 0.472 e. The predicted molar refractivity (Wildman–Crippen MR) is 224 cm³/mol. The van der Waals surface area contributed by atoms with Crippen molar-refractivity contribution in [2.75, 3.05) is 54.1 Å². The Labute approximate surface area is 327 Å². The van der Waals surface area contributed by atoms with Crippen LogP contribution < -0.4 is 0 Å². The number of nitrogens with zero attached hydrogens (tertiary/aromatic N) is 1. The van der Waals surface area contributed by atoms with Crippen molar-refractivity contribution in [3.05, 3.63) is 48.6 Å². The molecular formula is C44H83NO7P+. The van der Waals surface area contributed by atoms with Crippen LogP contribution in [0.3, 0.4) is 0 Å². The first-order valence-corrected chi connectivity index (χ1v) is 22.9. The van der Waals surface area contributed by atoms with Gasteiger partial charge in [-0.05, 0) is 51.4 Å². The van der Waals surface area contributed by atoms with Gasteiger partial charge in [-0.25, -0.2) is 4.57 Å². The van der Waals surface area contributed by atoms with Crippen LogP contribution in [0, 0.1) is 0 Å². The average Bonchev–Trinajstić information content (AvgIpc) is 3.11. The Bertz CT molecular complexity index is 989. The summed E-state index contributed by atoms with van der Waals surface area (Å²) >= 11 is 0. The van der Waals surface area contributed by atoms with Gasteiger partial charge in [-0.3, -0.25) is 13.8 Å². The molecular weight excluding hydrogens is 685 g/mol. The number of ether oxygens (including phenoxy) is 2. The summed E-state index contributed by atoms with van der Waals surface area (Å²) in [5, 5.41) is 0. The first-order valence-electron chi connectivity index (χ1n) is 21.4. The maximum Gasteiger partial charge on any atom is 0.472 e. The summed E-state index contributed by atoms with van der Waals surface area (Å²) in [7, 11) is 1.63. The molecule has 0 radical (unpaired) electrons. The van der Waals surface area contributed by atoms with Gasteiger partial charge in [0, 0.05) is 13.0 Å². The molecule has 0 aromatic rings. The molecule has 0 rings (SSSR count). The summed E-state index contributed by atoms with van der Waals surface area (Å²) in [6.45, 7) is 5.52. The molecule has 0 aliphatic carbocycles. The lowest BCUT2D eigenvalue weighted by atomic mass is 10.0. The smallest absolute Gasteiger partial charge is 0.457 e. The molecule has 310 valence electrons. The van der Waals surface area contributed by atoms with Crippen LogP contribution in [0.25, 0.3) is 0 Å². The Balaban J connectivity index is 4.36. The van der Waals surface area contributed by atoms with Crippen LogP contribution in [0.4, 0.5) is 0 Å². The molecule has 0 amide bonds. The molecule has 0 fully saturated rings. The molecule has 53 heavy (non-hydrogen) atoms. The van der Waals surface area contributed by atoms with E-state index in [2.05, 4.69) is 62.5 Å². The lowest BCUT2D eigenvalue weighted by Crippen LogP contribution is -2.37. The highest BCUT2D eigenvalue weighted by molar-refractivity contribution is 7.47. The SMILES string of the molecule is CCCCCC=CCC=CCC=CCC=CCCCC(=O)O[C@H](COCCCCCCCCCCCCCCCC)COP(=O)(O)OCC[N+](C)(C)C. The summed E-state index contributed by atoms with van der Waals surface area (Å²) in [6, 6.07) is 0. The quantitative estimate of drug-likeness (QED) is 0.0219. The third-order valence-electron chi connectivity index (χ3n) is 8.89. The number of carbonyl (C=O) groups excluding carboxylic acids is 1. The molecule has 1 N–H and O–H groups in total. The van der Waals surface area contributed by atoms with Crippen LogP contribution >= 0.6 is 7.82 Å². The van der Waals surface area contributed by atoms with E-state index in [1.54, 1.807) is 0 Å². The first kappa shape index (κ1) is 51.5. The molecule has 0 aliphatic rings. The van der Waals surface area contributed by atoms with Crippen molar-refractivity contribution in [2.45, 2.75) is 174 Å². The second-order valence-electron chi connectivity index (χ2n) is 15.4. The summed E-state index contributed by atoms with van der Waals surface area (Å²) < 4.78 is 34.9. The van der Waals surface area contributed by atoms with Crippen molar-refractivity contribution in [3.8, 4) is 0 Å². The number of rotatable bonds is 39. The monoisotopic (exact) mass is 769 g/mol. The maximum atomic E-state index is 12.6. The molecule has 2 atom stereocenters. The summed E-state index contributed by atoms with van der Waals surface area (Å²) in [6.07, 6.45) is 44.3. The molecule has 0 spiro atoms. The van der Waals surface area contributed by atoms with Crippen molar-refractivity contribution in [1.29, 1.82) is 0 Å². The Morgan fingerprint density at radius 1 is 0.585 bits per heavy atom. The van der Waals surface area contributed by atoms with E-state index in [1.807, 2.05) is 21.1 Å². The van der Waals surface area contributed by atoms with Crippen LogP contribution in [0.2, 0.25) is 0 Å². The van der Waals surface area contributed by atoms with E-state index in [1.165, 1.54) is 103 Å². The second-order valence-corrected chi connectivity index (χ2v) is 16.8. The molecule has 0 bridgehead atoms. The highest BCUT2D eigenvalue weighted by Crippen LogP contribution is 2.43. The summed E-state index contributed by atoms with van der Waals surface area (Å²) in [5.41, 5.74) is 0. The molecule has 0 heterocycles. The molecule has 0 saturated heterocycles. The van der Waals surface area contributed by atoms with Crippen LogP contribution in [-0.2, 0) is 27.9 Å². The third-order valence-corrected chi connectivity index (χ3v) is 9.88. The second kappa shape index (κ2) is 37.4. The average molecular weight is 769 g/mol. The van der Waals surface area contributed by atoms with Crippen LogP contribution in [-0.4, -0.2) is 75.6 Å². The molecule has 8 nitrogen and oxygen atoms in total. The Morgan fingerprint density at radius 2 is 1.04 bits per heavy atom. The topological polar surface area (TPSA) is 91.3 Å². The van der Waals surface area contributed by atoms with E-state index in [0.717, 1.165) is 38.5 Å². The molecule has 0 aliphatic heterocycles. The number of likely N-dealkylation sites (N-methyl/N-ethyl adjacent to an activating group) is 1. The van der Waals surface area contributed by atoms with Crippen LogP contribution in [0.5, 0.6) is 0 Å². The molecule has 1 unspecified atom stereocenters. The fraction of sp³-hybridized carbons (Fsp3) is 0.795. The number of hydrogen-bond donors (Lipinski definition) is 1. The van der Waals surface area contributed by atoms with Gasteiger partial charge in [-0.15, -0.1) is 0 Å². The van der Waals surface area contributed by atoms with Crippen LogP contribution in [0.15, 0.2) is 48.6 Å². The summed E-state index contributed by atoms with van der Waals surface area (Å²) in [4.78, 5) is 22.8.